The number of hydrogen-bond acceptors (Lipinski definition) is 8. The summed E-state index contributed by atoms with van der Waals surface area (Å²) in [6.45, 7) is 1.83. The van der Waals surface area contributed by atoms with Crippen LogP contribution >= 0.6 is 11.8 Å². The van der Waals surface area contributed by atoms with Gasteiger partial charge in [0.15, 0.2) is 0 Å². The van der Waals surface area contributed by atoms with Gasteiger partial charge in [-0.05, 0) is 37.3 Å². The Bertz CT molecular complexity index is 992. The van der Waals surface area contributed by atoms with E-state index in [2.05, 4.69) is 31.0 Å². The van der Waals surface area contributed by atoms with Gasteiger partial charge < -0.3 is 11.2 Å². The predicted molar refractivity (Wildman–Crippen MR) is 106 cm³/mol. The fraction of sp³-hybridized carbons (Fsp3) is 0.118. The van der Waals surface area contributed by atoms with Crippen molar-refractivity contribution in [2.45, 2.75) is 12.1 Å². The minimum Gasteiger partial charge on any atom is -0.334 e. The zero-order valence-electron chi connectivity index (χ0n) is 14.8. The van der Waals surface area contributed by atoms with Crippen molar-refractivity contribution in [1.29, 1.82) is 0 Å². The molecule has 0 saturated carbocycles. The van der Waals surface area contributed by atoms with E-state index in [1.165, 1.54) is 22.9 Å². The number of nitrogens with one attached hydrogen (secondary N) is 2. The summed E-state index contributed by atoms with van der Waals surface area (Å²) in [4.78, 5) is 15.9. The Hall–Kier alpha value is -3.47. The molecule has 2 heterocycles. The molecule has 0 atom stereocenters. The first kappa shape index (κ1) is 19.3. The van der Waals surface area contributed by atoms with Crippen molar-refractivity contribution in [2.75, 3.05) is 22.3 Å². The van der Waals surface area contributed by atoms with Crippen LogP contribution in [0.15, 0.2) is 59.0 Å². The SMILES string of the molecule is C/C(=N\Nc1nnc(SCC(=O)Nc2cccc(F)c2)n1N)c1ccncc1. The van der Waals surface area contributed by atoms with Crippen molar-refractivity contribution in [3.63, 3.8) is 0 Å². The number of thioether (sulfide) groups is 1. The zero-order valence-corrected chi connectivity index (χ0v) is 15.7. The highest BCUT2D eigenvalue weighted by Gasteiger charge is 2.12. The highest BCUT2D eigenvalue weighted by atomic mass is 32.2. The van der Waals surface area contributed by atoms with Crippen LogP contribution in [-0.4, -0.2) is 37.2 Å². The number of nitrogens with two attached hydrogens (primary N) is 1. The van der Waals surface area contributed by atoms with E-state index in [0.717, 1.165) is 17.3 Å². The van der Waals surface area contributed by atoms with Crippen LogP contribution in [-0.2, 0) is 4.79 Å². The number of nitrogens with zero attached hydrogens (tertiary/aromatic N) is 5. The van der Waals surface area contributed by atoms with E-state index in [1.807, 2.05) is 19.1 Å². The van der Waals surface area contributed by atoms with E-state index < -0.39 is 5.82 Å². The molecule has 28 heavy (non-hydrogen) atoms. The average molecular weight is 400 g/mol. The monoisotopic (exact) mass is 400 g/mol. The first-order valence-corrected chi connectivity index (χ1v) is 9.11. The number of carbonyl (C=O) groups is 1. The molecule has 9 nitrogen and oxygen atoms in total. The summed E-state index contributed by atoms with van der Waals surface area (Å²) in [6.07, 6.45) is 3.34. The Labute approximate surface area is 164 Å². The van der Waals surface area contributed by atoms with Gasteiger partial charge in [-0.25, -0.2) is 14.5 Å². The van der Waals surface area contributed by atoms with Crippen LogP contribution in [0, 0.1) is 5.82 Å². The number of aromatic nitrogens is 4. The van der Waals surface area contributed by atoms with Gasteiger partial charge in [-0.2, -0.15) is 5.10 Å². The van der Waals surface area contributed by atoms with Crippen molar-refractivity contribution in [3.8, 4) is 0 Å². The number of pyridine rings is 1. The molecule has 4 N–H and O–H groups in total. The van der Waals surface area contributed by atoms with Gasteiger partial charge in [-0.15, -0.1) is 10.2 Å². The molecule has 0 radical (unpaired) electrons. The number of rotatable bonds is 7. The first-order chi connectivity index (χ1) is 13.5. The molecule has 3 rings (SSSR count). The lowest BCUT2D eigenvalue weighted by atomic mass is 10.2. The highest BCUT2D eigenvalue weighted by molar-refractivity contribution is 7.99. The molecular weight excluding hydrogens is 383 g/mol. The lowest BCUT2D eigenvalue weighted by molar-refractivity contribution is -0.113. The quantitative estimate of drug-likeness (QED) is 0.240. The van der Waals surface area contributed by atoms with Crippen LogP contribution in [0.2, 0.25) is 0 Å². The first-order valence-electron chi connectivity index (χ1n) is 8.12. The number of carbonyl (C=O) groups excluding carboxylic acids is 1. The molecule has 144 valence electrons. The topological polar surface area (TPSA) is 123 Å². The standard InChI is InChI=1S/C17H17FN8OS/c1-11(12-5-7-20-8-6-12)22-23-16-24-25-17(26(16)19)28-10-15(27)21-14-4-2-3-13(18)9-14/h2-9H,10,19H2,1H3,(H,21,27)(H,23,24)/b22-11+. The van der Waals surface area contributed by atoms with Crippen LogP contribution in [0.4, 0.5) is 16.0 Å². The molecule has 0 bridgehead atoms. The third-order valence-corrected chi connectivity index (χ3v) is 4.47. The smallest absolute Gasteiger partial charge is 0.264 e. The average Bonchev–Trinajstić information content (AvgIpc) is 3.05. The molecule has 2 aromatic heterocycles. The van der Waals surface area contributed by atoms with Gasteiger partial charge in [-0.3, -0.25) is 9.78 Å². The summed E-state index contributed by atoms with van der Waals surface area (Å²) in [5.41, 5.74) is 4.73. The van der Waals surface area contributed by atoms with Crippen molar-refractivity contribution >= 4 is 35.0 Å². The number of halogens is 1. The maximum atomic E-state index is 13.1. The Morgan fingerprint density at radius 2 is 2.07 bits per heavy atom. The van der Waals surface area contributed by atoms with E-state index in [-0.39, 0.29) is 17.6 Å². The summed E-state index contributed by atoms with van der Waals surface area (Å²) in [7, 11) is 0. The lowest BCUT2D eigenvalue weighted by Gasteiger charge is -2.06. The van der Waals surface area contributed by atoms with E-state index in [9.17, 15) is 9.18 Å². The third kappa shape index (κ3) is 5.04. The van der Waals surface area contributed by atoms with Gasteiger partial charge >= 0.3 is 0 Å². The fourth-order valence-corrected chi connectivity index (χ4v) is 2.79. The van der Waals surface area contributed by atoms with Crippen molar-refractivity contribution in [3.05, 3.63) is 60.2 Å². The second-order valence-electron chi connectivity index (χ2n) is 5.57. The van der Waals surface area contributed by atoms with Crippen LogP contribution in [0.5, 0.6) is 0 Å². The number of benzene rings is 1. The highest BCUT2D eigenvalue weighted by Crippen LogP contribution is 2.17. The fourth-order valence-electron chi connectivity index (χ4n) is 2.14. The predicted octanol–water partition coefficient (Wildman–Crippen LogP) is 2.09. The molecule has 0 fully saturated rings. The van der Waals surface area contributed by atoms with Crippen molar-refractivity contribution < 1.29 is 9.18 Å². The molecule has 3 aromatic rings. The van der Waals surface area contributed by atoms with E-state index in [4.69, 9.17) is 5.84 Å². The molecule has 0 aliphatic carbocycles. The van der Waals surface area contributed by atoms with E-state index in [1.54, 1.807) is 18.5 Å². The lowest BCUT2D eigenvalue weighted by Crippen LogP contribution is -2.17. The molecule has 1 amide bonds. The van der Waals surface area contributed by atoms with Gasteiger partial charge in [0.1, 0.15) is 5.82 Å². The van der Waals surface area contributed by atoms with Gasteiger partial charge in [0.2, 0.25) is 11.1 Å². The number of nitrogen functional groups attached to an aromatic ring is 1. The van der Waals surface area contributed by atoms with Crippen molar-refractivity contribution in [2.24, 2.45) is 5.10 Å². The molecule has 11 heteroatoms. The number of anilines is 2. The molecule has 1 aromatic carbocycles. The Balaban J connectivity index is 1.56. The third-order valence-electron chi connectivity index (χ3n) is 3.53. The van der Waals surface area contributed by atoms with E-state index in [0.29, 0.717) is 16.6 Å². The molecule has 0 aliphatic heterocycles. The minimum atomic E-state index is -0.425. The Morgan fingerprint density at radius 1 is 1.29 bits per heavy atom. The van der Waals surface area contributed by atoms with Crippen LogP contribution in [0.25, 0.3) is 0 Å². The summed E-state index contributed by atoms with van der Waals surface area (Å²) in [5.74, 6) is 5.45. The normalized spacial score (nSPS) is 11.3. The van der Waals surface area contributed by atoms with Crippen LogP contribution < -0.4 is 16.6 Å². The van der Waals surface area contributed by atoms with Gasteiger partial charge in [0.05, 0.1) is 11.5 Å². The largest absolute Gasteiger partial charge is 0.334 e. The second kappa shape index (κ2) is 8.95. The molecule has 0 saturated heterocycles. The summed E-state index contributed by atoms with van der Waals surface area (Å²) >= 11 is 1.09. The van der Waals surface area contributed by atoms with Gasteiger partial charge in [0.25, 0.3) is 5.95 Å². The molecular formula is C17H17FN8OS. The number of amides is 1. The maximum absolute atomic E-state index is 13.1. The summed E-state index contributed by atoms with van der Waals surface area (Å²) < 4.78 is 14.3. The van der Waals surface area contributed by atoms with Crippen molar-refractivity contribution in [1.82, 2.24) is 19.9 Å². The maximum Gasteiger partial charge on any atom is 0.264 e. The molecule has 0 spiro atoms. The van der Waals surface area contributed by atoms with Gasteiger partial charge in [-0.1, -0.05) is 17.8 Å². The second-order valence-corrected chi connectivity index (χ2v) is 6.51. The zero-order chi connectivity index (χ0) is 19.9. The summed E-state index contributed by atoms with van der Waals surface area (Å²) in [5, 5.41) is 15.0. The van der Waals surface area contributed by atoms with Crippen LogP contribution in [0.3, 0.4) is 0 Å². The Kier molecular flexibility index (Phi) is 6.17. The summed E-state index contributed by atoms with van der Waals surface area (Å²) in [6, 6.07) is 9.30. The number of hydrazone groups is 1. The molecule has 0 aliphatic rings. The Morgan fingerprint density at radius 3 is 2.82 bits per heavy atom. The van der Waals surface area contributed by atoms with Crippen LogP contribution in [0.1, 0.15) is 12.5 Å². The van der Waals surface area contributed by atoms with Gasteiger partial charge in [0, 0.05) is 23.6 Å². The molecule has 0 unspecified atom stereocenters. The minimum absolute atomic E-state index is 0.0329. The number of hydrogen-bond donors (Lipinski definition) is 3. The van der Waals surface area contributed by atoms with E-state index >= 15 is 0 Å².